The highest BCUT2D eigenvalue weighted by Crippen LogP contribution is 2.11. The smallest absolute Gasteiger partial charge is 0.340 e. The summed E-state index contributed by atoms with van der Waals surface area (Å²) in [6.07, 6.45) is 1.30. The lowest BCUT2D eigenvalue weighted by Gasteiger charge is -2.14. The Morgan fingerprint density at radius 2 is 1.95 bits per heavy atom. The number of nitrogens with zero attached hydrogens (tertiary/aromatic N) is 1. The van der Waals surface area contributed by atoms with E-state index in [2.05, 4.69) is 10.3 Å². The predicted molar refractivity (Wildman–Crippen MR) is 82.5 cm³/mol. The standard InChI is InChI=1S/C16H15ClN2O3/c1-11(12-5-3-2-4-6-12)19-15(20)10-22-16(21)13-7-8-14(17)18-9-13/h2-9,11H,10H2,1H3,(H,19,20)/t11-/m0/s1. The van der Waals surface area contributed by atoms with Crippen molar-refractivity contribution in [2.75, 3.05) is 6.61 Å². The fraction of sp³-hybridized carbons (Fsp3) is 0.188. The van der Waals surface area contributed by atoms with E-state index in [1.54, 1.807) is 0 Å². The van der Waals surface area contributed by atoms with Crippen LogP contribution >= 0.6 is 11.6 Å². The second-order valence-corrected chi connectivity index (χ2v) is 5.03. The summed E-state index contributed by atoms with van der Waals surface area (Å²) in [5, 5.41) is 3.04. The van der Waals surface area contributed by atoms with Gasteiger partial charge in [-0.05, 0) is 24.6 Å². The predicted octanol–water partition coefficient (Wildman–Crippen LogP) is 2.77. The number of nitrogens with one attached hydrogen (secondary N) is 1. The first-order chi connectivity index (χ1) is 10.6. The van der Waals surface area contributed by atoms with Crippen molar-refractivity contribution in [1.82, 2.24) is 10.3 Å². The normalized spacial score (nSPS) is 11.5. The molecule has 22 heavy (non-hydrogen) atoms. The molecule has 0 spiro atoms. The third kappa shape index (κ3) is 4.56. The number of carbonyl (C=O) groups is 2. The first-order valence-corrected chi connectivity index (χ1v) is 7.07. The van der Waals surface area contributed by atoms with E-state index in [-0.39, 0.29) is 29.3 Å². The van der Waals surface area contributed by atoms with E-state index in [4.69, 9.17) is 16.3 Å². The Morgan fingerprint density at radius 3 is 2.59 bits per heavy atom. The van der Waals surface area contributed by atoms with Crippen molar-refractivity contribution < 1.29 is 14.3 Å². The molecule has 1 aromatic carbocycles. The Kier molecular flexibility index (Phi) is 5.49. The van der Waals surface area contributed by atoms with E-state index in [1.807, 2.05) is 37.3 Å². The van der Waals surface area contributed by atoms with Gasteiger partial charge in [0.05, 0.1) is 11.6 Å². The molecular weight excluding hydrogens is 304 g/mol. The zero-order valence-corrected chi connectivity index (χ0v) is 12.7. The lowest BCUT2D eigenvalue weighted by Crippen LogP contribution is -2.31. The van der Waals surface area contributed by atoms with E-state index in [0.29, 0.717) is 0 Å². The van der Waals surface area contributed by atoms with Crippen molar-refractivity contribution in [2.45, 2.75) is 13.0 Å². The van der Waals surface area contributed by atoms with Gasteiger partial charge in [-0.25, -0.2) is 9.78 Å². The molecule has 0 saturated heterocycles. The molecule has 1 atom stereocenters. The van der Waals surface area contributed by atoms with Crippen LogP contribution < -0.4 is 5.32 Å². The molecule has 0 saturated carbocycles. The number of hydrogen-bond acceptors (Lipinski definition) is 4. The van der Waals surface area contributed by atoms with Crippen LogP contribution in [-0.4, -0.2) is 23.5 Å². The number of benzene rings is 1. The number of hydrogen-bond donors (Lipinski definition) is 1. The van der Waals surface area contributed by atoms with E-state index in [1.165, 1.54) is 18.3 Å². The molecule has 1 amide bonds. The zero-order valence-electron chi connectivity index (χ0n) is 12.0. The molecule has 0 radical (unpaired) electrons. The molecule has 1 N–H and O–H groups in total. The van der Waals surface area contributed by atoms with Crippen LogP contribution in [0.3, 0.4) is 0 Å². The highest BCUT2D eigenvalue weighted by atomic mass is 35.5. The quantitative estimate of drug-likeness (QED) is 0.680. The Morgan fingerprint density at radius 1 is 1.23 bits per heavy atom. The fourth-order valence-corrected chi connectivity index (χ4v) is 1.93. The lowest BCUT2D eigenvalue weighted by atomic mass is 10.1. The van der Waals surface area contributed by atoms with Crippen molar-refractivity contribution in [3.05, 3.63) is 64.9 Å². The van der Waals surface area contributed by atoms with Gasteiger partial charge in [0.1, 0.15) is 5.15 Å². The molecule has 114 valence electrons. The lowest BCUT2D eigenvalue weighted by molar-refractivity contribution is -0.124. The molecule has 0 aliphatic heterocycles. The monoisotopic (exact) mass is 318 g/mol. The molecule has 2 aromatic rings. The topological polar surface area (TPSA) is 68.3 Å². The van der Waals surface area contributed by atoms with Gasteiger partial charge in [-0.3, -0.25) is 4.79 Å². The molecule has 2 rings (SSSR count). The second kappa shape index (κ2) is 7.56. The summed E-state index contributed by atoms with van der Waals surface area (Å²) in [5.74, 6) is -0.988. The van der Waals surface area contributed by atoms with E-state index in [0.717, 1.165) is 5.56 Å². The van der Waals surface area contributed by atoms with Crippen molar-refractivity contribution in [1.29, 1.82) is 0 Å². The summed E-state index contributed by atoms with van der Waals surface area (Å²) in [7, 11) is 0. The van der Waals surface area contributed by atoms with Gasteiger partial charge in [-0.2, -0.15) is 0 Å². The van der Waals surface area contributed by atoms with Gasteiger partial charge in [-0.1, -0.05) is 41.9 Å². The highest BCUT2D eigenvalue weighted by Gasteiger charge is 2.13. The minimum Gasteiger partial charge on any atom is -0.452 e. The average molecular weight is 319 g/mol. The van der Waals surface area contributed by atoms with Gasteiger partial charge in [0.15, 0.2) is 6.61 Å². The fourth-order valence-electron chi connectivity index (χ4n) is 1.82. The Balaban J connectivity index is 1.82. The molecule has 0 aliphatic carbocycles. The Hall–Kier alpha value is -2.40. The van der Waals surface area contributed by atoms with Crippen molar-refractivity contribution in [3.63, 3.8) is 0 Å². The van der Waals surface area contributed by atoms with Crippen molar-refractivity contribution >= 4 is 23.5 Å². The maximum absolute atomic E-state index is 11.8. The summed E-state index contributed by atoms with van der Waals surface area (Å²) in [5.41, 5.74) is 1.22. The number of pyridine rings is 1. The summed E-state index contributed by atoms with van der Waals surface area (Å²) in [6, 6.07) is 12.3. The minimum atomic E-state index is -0.619. The van der Waals surface area contributed by atoms with Crippen LogP contribution in [0.1, 0.15) is 28.9 Å². The van der Waals surface area contributed by atoms with Crippen LogP contribution in [0.5, 0.6) is 0 Å². The molecule has 1 aromatic heterocycles. The van der Waals surface area contributed by atoms with Gasteiger partial charge < -0.3 is 10.1 Å². The van der Waals surface area contributed by atoms with Crippen LogP contribution in [0.15, 0.2) is 48.7 Å². The maximum atomic E-state index is 11.8. The average Bonchev–Trinajstić information content (AvgIpc) is 2.54. The second-order valence-electron chi connectivity index (χ2n) is 4.65. The number of esters is 1. The van der Waals surface area contributed by atoms with E-state index in [9.17, 15) is 9.59 Å². The minimum absolute atomic E-state index is 0.162. The van der Waals surface area contributed by atoms with E-state index < -0.39 is 5.97 Å². The molecule has 1 heterocycles. The van der Waals surface area contributed by atoms with Gasteiger partial charge in [-0.15, -0.1) is 0 Å². The summed E-state index contributed by atoms with van der Waals surface area (Å²) >= 11 is 5.63. The van der Waals surface area contributed by atoms with Crippen LogP contribution in [0.2, 0.25) is 5.15 Å². The van der Waals surface area contributed by atoms with Crippen LogP contribution in [0.4, 0.5) is 0 Å². The zero-order chi connectivity index (χ0) is 15.9. The Bertz CT molecular complexity index is 644. The van der Waals surface area contributed by atoms with Gasteiger partial charge >= 0.3 is 5.97 Å². The van der Waals surface area contributed by atoms with Crippen molar-refractivity contribution in [2.24, 2.45) is 0 Å². The van der Waals surface area contributed by atoms with E-state index >= 15 is 0 Å². The largest absolute Gasteiger partial charge is 0.452 e. The maximum Gasteiger partial charge on any atom is 0.340 e. The van der Waals surface area contributed by atoms with Crippen LogP contribution in [0.25, 0.3) is 0 Å². The summed E-state index contributed by atoms with van der Waals surface area (Å²) in [4.78, 5) is 27.3. The van der Waals surface area contributed by atoms with Gasteiger partial charge in [0, 0.05) is 6.20 Å². The van der Waals surface area contributed by atoms with Crippen LogP contribution in [0, 0.1) is 0 Å². The first kappa shape index (κ1) is 16.0. The summed E-state index contributed by atoms with van der Waals surface area (Å²) < 4.78 is 4.93. The first-order valence-electron chi connectivity index (χ1n) is 6.69. The van der Waals surface area contributed by atoms with Gasteiger partial charge in [0.25, 0.3) is 5.91 Å². The highest BCUT2D eigenvalue weighted by molar-refractivity contribution is 6.29. The number of ether oxygens (including phenoxy) is 1. The number of carbonyl (C=O) groups excluding carboxylic acids is 2. The number of amides is 1. The van der Waals surface area contributed by atoms with Crippen molar-refractivity contribution in [3.8, 4) is 0 Å². The molecule has 0 bridgehead atoms. The number of aromatic nitrogens is 1. The van der Waals surface area contributed by atoms with Gasteiger partial charge in [0.2, 0.25) is 0 Å². The summed E-state index contributed by atoms with van der Waals surface area (Å²) in [6.45, 7) is 1.51. The third-order valence-electron chi connectivity index (χ3n) is 2.97. The number of halogens is 1. The Labute approximate surface area is 133 Å². The van der Waals surface area contributed by atoms with Crippen LogP contribution in [-0.2, 0) is 9.53 Å². The molecule has 6 heteroatoms. The molecule has 0 fully saturated rings. The number of rotatable bonds is 5. The third-order valence-corrected chi connectivity index (χ3v) is 3.20. The molecule has 0 aliphatic rings. The molecular formula is C16H15ClN2O3. The molecule has 5 nitrogen and oxygen atoms in total. The molecule has 0 unspecified atom stereocenters. The SMILES string of the molecule is C[C@H](NC(=O)COC(=O)c1ccc(Cl)nc1)c1ccccc1.